The molecule has 2 rings (SSSR count). The fraction of sp³-hybridized carbons (Fsp3) is 0.647. The molecule has 0 radical (unpaired) electrons. The quantitative estimate of drug-likeness (QED) is 0.668. The Balaban J connectivity index is 2.12. The van der Waals surface area contributed by atoms with E-state index in [9.17, 15) is 24.3 Å². The lowest BCUT2D eigenvalue weighted by Gasteiger charge is -2.44. The Morgan fingerprint density at radius 3 is 2.54 bits per heavy atom. The molecule has 1 aliphatic heterocycles. The molecule has 1 saturated heterocycles. The highest BCUT2D eigenvalue weighted by atomic mass is 16.4. The highest BCUT2D eigenvalue weighted by Gasteiger charge is 2.41. The number of carboxylic acid groups (broad SMARTS) is 1. The number of aromatic amines is 1. The number of aliphatic hydroxyl groups is 1. The second-order valence-corrected chi connectivity index (χ2v) is 7.91. The summed E-state index contributed by atoms with van der Waals surface area (Å²) in [6.07, 6.45) is 1.61. The van der Waals surface area contributed by atoms with Crippen molar-refractivity contribution in [3.63, 3.8) is 0 Å². The summed E-state index contributed by atoms with van der Waals surface area (Å²) in [6.45, 7) is 5.31. The van der Waals surface area contributed by atoms with E-state index < -0.39 is 34.3 Å². The normalized spacial score (nSPS) is 23.7. The topological polar surface area (TPSA) is 133 Å². The summed E-state index contributed by atoms with van der Waals surface area (Å²) in [7, 11) is 0. The van der Waals surface area contributed by atoms with Gasteiger partial charge >= 0.3 is 11.7 Å². The second-order valence-electron chi connectivity index (χ2n) is 7.91. The van der Waals surface area contributed by atoms with Crippen LogP contribution in [0, 0.1) is 5.41 Å². The van der Waals surface area contributed by atoms with Crippen LogP contribution in [0.1, 0.15) is 46.1 Å². The van der Waals surface area contributed by atoms with Gasteiger partial charge in [0.25, 0.3) is 5.56 Å². The van der Waals surface area contributed by atoms with Gasteiger partial charge in [-0.15, -0.1) is 0 Å². The van der Waals surface area contributed by atoms with Gasteiger partial charge in [-0.05, 0) is 18.8 Å². The number of carboxylic acids is 1. The number of β-amino-alcohol motifs (C(OH)–C–C–N with tert-alkyl or cyclic N) is 1. The molecule has 2 atom stereocenters. The van der Waals surface area contributed by atoms with Gasteiger partial charge in [0.2, 0.25) is 5.91 Å². The van der Waals surface area contributed by atoms with E-state index in [0.29, 0.717) is 13.0 Å². The molecule has 0 unspecified atom stereocenters. The van der Waals surface area contributed by atoms with Gasteiger partial charge in [0, 0.05) is 25.2 Å². The fourth-order valence-corrected chi connectivity index (χ4v) is 3.48. The van der Waals surface area contributed by atoms with Gasteiger partial charge in [-0.2, -0.15) is 0 Å². The Kier molecular flexibility index (Phi) is 5.41. The molecule has 3 N–H and O–H groups in total. The molecule has 2 heterocycles. The molecule has 144 valence electrons. The number of piperidine rings is 1. The first-order chi connectivity index (χ1) is 11.9. The summed E-state index contributed by atoms with van der Waals surface area (Å²) in [5.41, 5.74) is -3.18. The number of hydrogen-bond acceptors (Lipinski definition) is 5. The van der Waals surface area contributed by atoms with Gasteiger partial charge in [0.1, 0.15) is 5.60 Å². The number of likely N-dealkylation sites (tertiary alicyclic amines) is 1. The highest BCUT2D eigenvalue weighted by molar-refractivity contribution is 5.78. The first kappa shape index (κ1) is 19.9. The molecule has 0 bridgehead atoms. The Morgan fingerprint density at radius 2 is 2.00 bits per heavy atom. The number of aliphatic carboxylic acids is 1. The van der Waals surface area contributed by atoms with Crippen LogP contribution in [0.5, 0.6) is 0 Å². The summed E-state index contributed by atoms with van der Waals surface area (Å²) in [5.74, 6) is -1.20. The third kappa shape index (κ3) is 4.60. The number of hydrogen-bond donors (Lipinski definition) is 3. The predicted molar refractivity (Wildman–Crippen MR) is 92.8 cm³/mol. The largest absolute Gasteiger partial charge is 0.481 e. The van der Waals surface area contributed by atoms with E-state index in [2.05, 4.69) is 4.98 Å². The van der Waals surface area contributed by atoms with Gasteiger partial charge in [-0.25, -0.2) is 4.79 Å². The lowest BCUT2D eigenvalue weighted by molar-refractivity contribution is -0.145. The van der Waals surface area contributed by atoms with Crippen molar-refractivity contribution in [2.45, 2.75) is 51.7 Å². The van der Waals surface area contributed by atoms with Crippen LogP contribution < -0.4 is 11.2 Å². The smallest absolute Gasteiger partial charge is 0.328 e. The van der Waals surface area contributed by atoms with Gasteiger partial charge in [-0.1, -0.05) is 13.8 Å². The van der Waals surface area contributed by atoms with E-state index in [4.69, 9.17) is 5.11 Å². The minimum absolute atomic E-state index is 0.0191. The van der Waals surface area contributed by atoms with Crippen molar-refractivity contribution >= 4 is 11.9 Å². The standard InChI is InChI=1S/C17H25N3O6/c1-16(2,9-14(23)24)8-13(22)19-6-4-11(17(3,26)10-19)20-7-5-12(21)18-15(20)25/h5,7,11,26H,4,6,8-10H2,1-3H3,(H,23,24)(H,18,21,25)/t11-,17-/m1/s1. The lowest BCUT2D eigenvalue weighted by Crippen LogP contribution is -2.56. The molecule has 1 aliphatic rings. The molecule has 0 aromatic carbocycles. The van der Waals surface area contributed by atoms with E-state index in [1.807, 2.05) is 0 Å². The number of carbonyl (C=O) groups excluding carboxylic acids is 1. The number of rotatable bonds is 5. The minimum atomic E-state index is -1.37. The third-order valence-corrected chi connectivity index (χ3v) is 4.70. The monoisotopic (exact) mass is 367 g/mol. The van der Waals surface area contributed by atoms with Crippen LogP contribution in [-0.2, 0) is 9.59 Å². The Labute approximate surface area is 150 Å². The van der Waals surface area contributed by atoms with E-state index in [1.165, 1.54) is 28.7 Å². The van der Waals surface area contributed by atoms with Gasteiger partial charge < -0.3 is 15.1 Å². The number of aromatic nitrogens is 2. The van der Waals surface area contributed by atoms with Crippen molar-refractivity contribution < 1.29 is 19.8 Å². The lowest BCUT2D eigenvalue weighted by atomic mass is 9.83. The molecule has 9 heteroatoms. The van der Waals surface area contributed by atoms with Crippen LogP contribution >= 0.6 is 0 Å². The van der Waals surface area contributed by atoms with Gasteiger partial charge in [0.15, 0.2) is 0 Å². The molecule has 0 saturated carbocycles. The minimum Gasteiger partial charge on any atom is -0.481 e. The molecule has 1 fully saturated rings. The predicted octanol–water partition coefficient (Wildman–Crippen LogP) is -0.0480. The number of amides is 1. The van der Waals surface area contributed by atoms with E-state index in [0.717, 1.165) is 0 Å². The van der Waals surface area contributed by atoms with Crippen LogP contribution in [0.2, 0.25) is 0 Å². The van der Waals surface area contributed by atoms with Crippen molar-refractivity contribution in [1.29, 1.82) is 0 Å². The first-order valence-electron chi connectivity index (χ1n) is 8.45. The number of nitrogens with zero attached hydrogens (tertiary/aromatic N) is 2. The highest BCUT2D eigenvalue weighted by Crippen LogP contribution is 2.33. The average Bonchev–Trinajstić information content (AvgIpc) is 2.45. The summed E-state index contributed by atoms with van der Waals surface area (Å²) in [5, 5.41) is 19.7. The van der Waals surface area contributed by atoms with Crippen molar-refractivity contribution in [3.05, 3.63) is 33.1 Å². The molecule has 0 spiro atoms. The maximum Gasteiger partial charge on any atom is 0.328 e. The zero-order chi connectivity index (χ0) is 19.7. The zero-order valence-electron chi connectivity index (χ0n) is 15.2. The van der Waals surface area contributed by atoms with Crippen LogP contribution in [0.3, 0.4) is 0 Å². The Hall–Kier alpha value is -2.42. The molecule has 0 aliphatic carbocycles. The summed E-state index contributed by atoms with van der Waals surface area (Å²) in [6, 6.07) is 0.631. The first-order valence-corrected chi connectivity index (χ1v) is 8.45. The summed E-state index contributed by atoms with van der Waals surface area (Å²) in [4.78, 5) is 50.3. The van der Waals surface area contributed by atoms with Crippen molar-refractivity contribution in [2.24, 2.45) is 5.41 Å². The molecule has 26 heavy (non-hydrogen) atoms. The van der Waals surface area contributed by atoms with Crippen LogP contribution in [0.15, 0.2) is 21.9 Å². The summed E-state index contributed by atoms with van der Waals surface area (Å²) < 4.78 is 1.28. The Bertz CT molecular complexity index is 807. The van der Waals surface area contributed by atoms with Crippen LogP contribution in [0.25, 0.3) is 0 Å². The van der Waals surface area contributed by atoms with Crippen molar-refractivity contribution in [3.8, 4) is 0 Å². The van der Waals surface area contributed by atoms with Crippen molar-refractivity contribution in [2.75, 3.05) is 13.1 Å². The van der Waals surface area contributed by atoms with Gasteiger partial charge in [0.05, 0.1) is 19.0 Å². The van der Waals surface area contributed by atoms with E-state index in [1.54, 1.807) is 13.8 Å². The molecular formula is C17H25N3O6. The third-order valence-electron chi connectivity index (χ3n) is 4.70. The summed E-state index contributed by atoms with van der Waals surface area (Å²) >= 11 is 0. The average molecular weight is 367 g/mol. The molecule has 9 nitrogen and oxygen atoms in total. The number of nitrogens with one attached hydrogen (secondary N) is 1. The zero-order valence-corrected chi connectivity index (χ0v) is 15.2. The Morgan fingerprint density at radius 1 is 1.35 bits per heavy atom. The molecular weight excluding hydrogens is 342 g/mol. The number of carbonyl (C=O) groups is 2. The molecule has 1 aromatic heterocycles. The number of H-pyrrole nitrogens is 1. The SMILES string of the molecule is CC(C)(CC(=O)O)CC(=O)N1CC[C@@H](n2ccc(=O)[nH]c2=O)[C@](C)(O)C1. The fourth-order valence-electron chi connectivity index (χ4n) is 3.48. The van der Waals surface area contributed by atoms with E-state index in [-0.39, 0.29) is 25.3 Å². The van der Waals surface area contributed by atoms with E-state index >= 15 is 0 Å². The molecule has 1 aromatic rings. The maximum absolute atomic E-state index is 12.5. The van der Waals surface area contributed by atoms with Gasteiger partial charge in [-0.3, -0.25) is 23.9 Å². The van der Waals surface area contributed by atoms with Crippen LogP contribution in [-0.4, -0.2) is 55.2 Å². The van der Waals surface area contributed by atoms with Crippen molar-refractivity contribution in [1.82, 2.24) is 14.5 Å². The van der Waals surface area contributed by atoms with Crippen LogP contribution in [0.4, 0.5) is 0 Å². The molecule has 1 amide bonds. The second kappa shape index (κ2) is 7.06. The maximum atomic E-state index is 12.5.